The zero-order valence-electron chi connectivity index (χ0n) is 14.4. The average molecular weight is 277 g/mol. The minimum Gasteiger partial charge on any atom is -0.237 e. The van der Waals surface area contributed by atoms with Crippen molar-refractivity contribution in [3.63, 3.8) is 0 Å². The first-order valence-electron chi connectivity index (χ1n) is 7.78. The van der Waals surface area contributed by atoms with Crippen LogP contribution in [0.2, 0.25) is 0 Å². The van der Waals surface area contributed by atoms with Crippen molar-refractivity contribution < 1.29 is 0 Å². The number of hydrogen-bond acceptors (Lipinski definition) is 2. The van der Waals surface area contributed by atoms with Crippen LogP contribution in [0.4, 0.5) is 0 Å². The van der Waals surface area contributed by atoms with Gasteiger partial charge in [0.1, 0.15) is 0 Å². The second-order valence-corrected chi connectivity index (χ2v) is 3.24. The Kier molecular flexibility index (Phi) is 14.2. The van der Waals surface area contributed by atoms with Crippen LogP contribution < -0.4 is 0 Å². The van der Waals surface area contributed by atoms with Gasteiger partial charge in [0, 0.05) is 12.4 Å². The molecule has 0 aliphatic heterocycles. The lowest BCUT2D eigenvalue weighted by Crippen LogP contribution is -1.97. The lowest BCUT2D eigenvalue weighted by atomic mass is 10.2. The van der Waals surface area contributed by atoms with E-state index in [1.54, 1.807) is 6.20 Å². The lowest BCUT2D eigenvalue weighted by Gasteiger charge is -1.97. The summed E-state index contributed by atoms with van der Waals surface area (Å²) in [5, 5.41) is 4.45. The quantitative estimate of drug-likeness (QED) is 0.753. The first kappa shape index (κ1) is 20.7. The van der Waals surface area contributed by atoms with E-state index in [0.29, 0.717) is 0 Å². The van der Waals surface area contributed by atoms with Gasteiger partial charge in [-0.05, 0) is 31.0 Å². The van der Waals surface area contributed by atoms with E-state index in [0.717, 1.165) is 17.9 Å². The molecule has 0 fully saturated rings. The molecule has 0 aromatic carbocycles. The third-order valence-corrected chi connectivity index (χ3v) is 2.22. The van der Waals surface area contributed by atoms with E-state index in [9.17, 15) is 0 Å². The molecule has 20 heavy (non-hydrogen) atoms. The second-order valence-electron chi connectivity index (χ2n) is 3.24. The molecule has 0 aliphatic rings. The Bertz CT molecular complexity index is 419. The van der Waals surface area contributed by atoms with E-state index in [-0.39, 0.29) is 0 Å². The lowest BCUT2D eigenvalue weighted by molar-refractivity contribution is 0.816. The molecule has 3 nitrogen and oxygen atoms in total. The molecule has 0 amide bonds. The average Bonchev–Trinajstić information content (AvgIpc) is 2.95. The second kappa shape index (κ2) is 13.8. The van der Waals surface area contributed by atoms with Gasteiger partial charge in [-0.25, -0.2) is 9.67 Å². The molecule has 2 heterocycles. The molecule has 3 heteroatoms. The van der Waals surface area contributed by atoms with Crippen molar-refractivity contribution >= 4 is 0 Å². The molecule has 114 valence electrons. The van der Waals surface area contributed by atoms with Crippen molar-refractivity contribution in [1.82, 2.24) is 14.8 Å². The van der Waals surface area contributed by atoms with Crippen LogP contribution in [0.25, 0.3) is 5.82 Å². The van der Waals surface area contributed by atoms with E-state index < -0.39 is 0 Å². The number of aromatic nitrogens is 3. The van der Waals surface area contributed by atoms with Crippen LogP contribution in [-0.4, -0.2) is 14.8 Å². The Labute approximate surface area is 125 Å². The largest absolute Gasteiger partial charge is 0.237 e. The summed E-state index contributed by atoms with van der Waals surface area (Å²) in [6.45, 7) is 16.2. The molecule has 0 saturated heterocycles. The molecule has 0 spiro atoms. The van der Waals surface area contributed by atoms with Crippen molar-refractivity contribution in [3.8, 4) is 5.82 Å². The minimum atomic E-state index is 0.871. The Morgan fingerprint density at radius 1 is 1.00 bits per heavy atom. The Morgan fingerprint density at radius 3 is 2.00 bits per heavy atom. The molecule has 0 N–H and O–H groups in total. The van der Waals surface area contributed by atoms with E-state index in [1.165, 1.54) is 5.56 Å². The smallest absolute Gasteiger partial charge is 0.153 e. The first-order valence-corrected chi connectivity index (χ1v) is 7.78. The van der Waals surface area contributed by atoms with E-state index >= 15 is 0 Å². The highest BCUT2D eigenvalue weighted by Crippen LogP contribution is 2.09. The maximum Gasteiger partial charge on any atom is 0.153 e. The number of pyridine rings is 1. The van der Waals surface area contributed by atoms with Crippen molar-refractivity contribution in [3.05, 3.63) is 41.9 Å². The van der Waals surface area contributed by atoms with Gasteiger partial charge in [0.15, 0.2) is 5.82 Å². The minimum absolute atomic E-state index is 0.871. The monoisotopic (exact) mass is 277 g/mol. The van der Waals surface area contributed by atoms with Crippen molar-refractivity contribution in [2.75, 3.05) is 0 Å². The van der Waals surface area contributed by atoms with Crippen molar-refractivity contribution in [1.29, 1.82) is 0 Å². The summed E-state index contributed by atoms with van der Waals surface area (Å²) in [5.41, 5.74) is 2.36. The molecule has 2 aromatic heterocycles. The van der Waals surface area contributed by atoms with Gasteiger partial charge < -0.3 is 0 Å². The predicted molar refractivity (Wildman–Crippen MR) is 89.5 cm³/mol. The fraction of sp³-hybridized carbons (Fsp3) is 0.529. The Morgan fingerprint density at radius 2 is 1.60 bits per heavy atom. The SMILES string of the molecule is CC.CC.CC.CCc1nn(-c2ccccn2)cc1C. The van der Waals surface area contributed by atoms with Crippen LogP contribution in [0.15, 0.2) is 30.6 Å². The highest BCUT2D eigenvalue weighted by Gasteiger charge is 2.04. The molecule has 0 aliphatic carbocycles. The summed E-state index contributed by atoms with van der Waals surface area (Å²) in [6, 6.07) is 5.82. The normalized spacial score (nSPS) is 8.20. The van der Waals surface area contributed by atoms with Crippen LogP contribution in [0.5, 0.6) is 0 Å². The summed E-state index contributed by atoms with van der Waals surface area (Å²) in [4.78, 5) is 4.24. The van der Waals surface area contributed by atoms with Gasteiger partial charge in [0.2, 0.25) is 0 Å². The number of hydrogen-bond donors (Lipinski definition) is 0. The predicted octanol–water partition coefficient (Wildman–Crippen LogP) is 5.22. The zero-order chi connectivity index (χ0) is 16.0. The zero-order valence-corrected chi connectivity index (χ0v) is 14.4. The molecule has 0 saturated carbocycles. The van der Waals surface area contributed by atoms with E-state index in [1.807, 2.05) is 70.6 Å². The molecule has 2 aromatic rings. The summed E-state index contributed by atoms with van der Waals surface area (Å²) >= 11 is 0. The van der Waals surface area contributed by atoms with E-state index in [2.05, 4.69) is 23.9 Å². The number of nitrogens with zero attached hydrogens (tertiary/aromatic N) is 3. The van der Waals surface area contributed by atoms with Crippen molar-refractivity contribution in [2.24, 2.45) is 0 Å². The molecule has 0 radical (unpaired) electrons. The van der Waals surface area contributed by atoms with Gasteiger partial charge >= 0.3 is 0 Å². The fourth-order valence-corrected chi connectivity index (χ4v) is 1.45. The molecule has 0 unspecified atom stereocenters. The summed E-state index contributed by atoms with van der Waals surface area (Å²) < 4.78 is 1.83. The Balaban J connectivity index is 0. The van der Waals surface area contributed by atoms with Crippen LogP contribution in [0, 0.1) is 6.92 Å². The Hall–Kier alpha value is -1.64. The summed E-state index contributed by atoms with van der Waals surface area (Å²) in [6.07, 6.45) is 4.75. The summed E-state index contributed by atoms with van der Waals surface area (Å²) in [7, 11) is 0. The van der Waals surface area contributed by atoms with Crippen LogP contribution in [0.3, 0.4) is 0 Å². The molecular formula is C17H31N3. The van der Waals surface area contributed by atoms with Gasteiger partial charge in [-0.15, -0.1) is 0 Å². The van der Waals surface area contributed by atoms with Gasteiger partial charge in [-0.3, -0.25) is 0 Å². The topological polar surface area (TPSA) is 30.7 Å². The maximum absolute atomic E-state index is 4.45. The number of aryl methyl sites for hydroxylation is 2. The third-order valence-electron chi connectivity index (χ3n) is 2.22. The van der Waals surface area contributed by atoms with Crippen LogP contribution >= 0.6 is 0 Å². The molecule has 0 bridgehead atoms. The third kappa shape index (κ3) is 6.50. The van der Waals surface area contributed by atoms with Gasteiger partial charge in [0.05, 0.1) is 5.69 Å². The molecular weight excluding hydrogens is 246 g/mol. The maximum atomic E-state index is 4.45. The molecule has 0 atom stereocenters. The van der Waals surface area contributed by atoms with Gasteiger partial charge in [-0.2, -0.15) is 5.10 Å². The fourth-order valence-electron chi connectivity index (χ4n) is 1.45. The standard InChI is InChI=1S/C11H13N3.3C2H6/c1-3-10-9(2)8-14(13-10)11-6-4-5-7-12-11;3*1-2/h4-8H,3H2,1-2H3;3*1-2H3. The van der Waals surface area contributed by atoms with E-state index in [4.69, 9.17) is 0 Å². The highest BCUT2D eigenvalue weighted by molar-refractivity contribution is 5.25. The van der Waals surface area contributed by atoms with Crippen LogP contribution in [0.1, 0.15) is 59.7 Å². The van der Waals surface area contributed by atoms with Gasteiger partial charge in [-0.1, -0.05) is 54.5 Å². The first-order chi connectivity index (χ1) is 9.81. The molecule has 2 rings (SSSR count). The summed E-state index contributed by atoms with van der Waals surface area (Å²) in [5.74, 6) is 0.871. The highest BCUT2D eigenvalue weighted by atomic mass is 15.3. The van der Waals surface area contributed by atoms with Crippen molar-refractivity contribution in [2.45, 2.75) is 61.8 Å². The van der Waals surface area contributed by atoms with Crippen LogP contribution in [-0.2, 0) is 6.42 Å². The van der Waals surface area contributed by atoms with Gasteiger partial charge in [0.25, 0.3) is 0 Å². The number of rotatable bonds is 2.